The molecule has 0 N–H and O–H groups in total. The first-order valence-corrected chi connectivity index (χ1v) is 7.60. The first-order valence-electron chi connectivity index (χ1n) is 6.78. The quantitative estimate of drug-likeness (QED) is 0.466. The van der Waals surface area contributed by atoms with Crippen LogP contribution >= 0.6 is 23.2 Å². The van der Waals surface area contributed by atoms with Crippen LogP contribution in [-0.2, 0) is 0 Å². The van der Waals surface area contributed by atoms with E-state index in [0.29, 0.717) is 0 Å². The number of para-hydroxylation sites is 1. The van der Waals surface area contributed by atoms with Gasteiger partial charge in [0.15, 0.2) is 0 Å². The summed E-state index contributed by atoms with van der Waals surface area (Å²) in [4.78, 5) is 10.6. The van der Waals surface area contributed by atoms with Gasteiger partial charge in [-0.3, -0.25) is 10.1 Å². The normalized spacial score (nSPS) is 27.3. The second-order valence-electron chi connectivity index (χ2n) is 5.60. The molecule has 6 heteroatoms. The monoisotopic (exact) mass is 315 g/mol. The van der Waals surface area contributed by atoms with Gasteiger partial charge in [-0.15, -0.1) is 11.6 Å². The molecule has 3 rings (SSSR count). The summed E-state index contributed by atoms with van der Waals surface area (Å²) >= 11 is 12.4. The molecule has 1 aromatic carbocycles. The van der Waals surface area contributed by atoms with Gasteiger partial charge in [-0.05, 0) is 18.9 Å². The number of nitrogens with zero attached hydrogens (tertiary/aromatic N) is 1. The van der Waals surface area contributed by atoms with Gasteiger partial charge in [0.1, 0.15) is 6.10 Å². The van der Waals surface area contributed by atoms with Gasteiger partial charge in [0.05, 0.1) is 9.95 Å². The first kappa shape index (κ1) is 14.0. The van der Waals surface area contributed by atoms with Crippen LogP contribution in [0.4, 0.5) is 5.69 Å². The lowest BCUT2D eigenvalue weighted by Gasteiger charge is -2.50. The maximum Gasteiger partial charge on any atom is 0.312 e. The summed E-state index contributed by atoms with van der Waals surface area (Å²) in [5.41, 5.74) is -0.0992. The number of ether oxygens (including phenoxy) is 1. The molecule has 0 heterocycles. The fourth-order valence-corrected chi connectivity index (χ4v) is 4.17. The molecule has 0 amide bonds. The summed E-state index contributed by atoms with van der Waals surface area (Å²) in [7, 11) is 0. The Balaban J connectivity index is 1.87. The fraction of sp³-hybridized carbons (Fsp3) is 0.571. The van der Waals surface area contributed by atoms with Gasteiger partial charge in [-0.1, -0.05) is 30.5 Å². The highest BCUT2D eigenvalue weighted by molar-refractivity contribution is 6.32. The lowest BCUT2D eigenvalue weighted by Crippen LogP contribution is -2.55. The van der Waals surface area contributed by atoms with Crippen molar-refractivity contribution >= 4 is 28.9 Å². The van der Waals surface area contributed by atoms with Gasteiger partial charge in [0.25, 0.3) is 0 Å². The number of benzene rings is 1. The van der Waals surface area contributed by atoms with E-state index in [4.69, 9.17) is 27.9 Å². The molecular formula is C14H15Cl2NO3. The van der Waals surface area contributed by atoms with Gasteiger partial charge in [0.2, 0.25) is 5.75 Å². The van der Waals surface area contributed by atoms with Crippen LogP contribution in [0.25, 0.3) is 0 Å². The van der Waals surface area contributed by atoms with Crippen molar-refractivity contribution in [1.29, 1.82) is 0 Å². The topological polar surface area (TPSA) is 52.4 Å². The van der Waals surface area contributed by atoms with E-state index in [1.54, 1.807) is 12.1 Å². The van der Waals surface area contributed by atoms with E-state index in [9.17, 15) is 10.1 Å². The molecule has 1 aromatic rings. The minimum atomic E-state index is -0.459. The van der Waals surface area contributed by atoms with Gasteiger partial charge in [-0.25, -0.2) is 0 Å². The van der Waals surface area contributed by atoms with Crippen LogP contribution in [0.5, 0.6) is 5.75 Å². The number of nitro benzene ring substituents is 1. The average molecular weight is 316 g/mol. The van der Waals surface area contributed by atoms with Crippen molar-refractivity contribution in [2.24, 2.45) is 5.41 Å². The van der Waals surface area contributed by atoms with E-state index in [1.165, 1.54) is 6.07 Å². The second kappa shape index (κ2) is 5.08. The Labute approximate surface area is 127 Å². The van der Waals surface area contributed by atoms with Crippen molar-refractivity contribution in [2.75, 3.05) is 0 Å². The summed E-state index contributed by atoms with van der Waals surface area (Å²) in [6, 6.07) is 4.59. The lowest BCUT2D eigenvalue weighted by atomic mass is 9.64. The molecule has 0 bridgehead atoms. The van der Waals surface area contributed by atoms with Crippen LogP contribution in [0.1, 0.15) is 32.1 Å². The van der Waals surface area contributed by atoms with Crippen LogP contribution < -0.4 is 4.74 Å². The molecule has 2 aliphatic rings. The Bertz CT molecular complexity index is 543. The lowest BCUT2D eigenvalue weighted by molar-refractivity contribution is -0.386. The van der Waals surface area contributed by atoms with Crippen molar-refractivity contribution in [3.05, 3.63) is 33.3 Å². The molecule has 20 heavy (non-hydrogen) atoms. The van der Waals surface area contributed by atoms with Crippen LogP contribution in [-0.4, -0.2) is 16.4 Å². The molecule has 2 unspecified atom stereocenters. The van der Waals surface area contributed by atoms with E-state index < -0.39 is 4.92 Å². The first-order chi connectivity index (χ1) is 9.54. The van der Waals surface area contributed by atoms with E-state index in [-0.39, 0.29) is 33.4 Å². The highest BCUT2D eigenvalue weighted by Gasteiger charge is 2.57. The SMILES string of the molecule is O=[N+]([O-])c1cccc(Cl)c1OC1CC(Cl)C12CCCC2. The van der Waals surface area contributed by atoms with Crippen molar-refractivity contribution in [2.45, 2.75) is 43.6 Å². The van der Waals surface area contributed by atoms with E-state index >= 15 is 0 Å². The van der Waals surface area contributed by atoms with Crippen LogP contribution in [0, 0.1) is 15.5 Å². The van der Waals surface area contributed by atoms with Gasteiger partial charge >= 0.3 is 5.69 Å². The maximum atomic E-state index is 11.1. The number of nitro groups is 1. The summed E-state index contributed by atoms with van der Waals surface area (Å²) in [6.45, 7) is 0. The maximum absolute atomic E-state index is 11.1. The third-order valence-corrected chi connectivity index (χ3v) is 5.53. The molecule has 2 atom stereocenters. The Morgan fingerprint density at radius 3 is 2.65 bits per heavy atom. The van der Waals surface area contributed by atoms with Crippen molar-refractivity contribution in [3.63, 3.8) is 0 Å². The van der Waals surface area contributed by atoms with Crippen LogP contribution in [0.2, 0.25) is 5.02 Å². The fourth-order valence-electron chi connectivity index (χ4n) is 3.43. The zero-order valence-electron chi connectivity index (χ0n) is 10.9. The Kier molecular flexibility index (Phi) is 3.55. The minimum absolute atomic E-state index is 0.0193. The highest BCUT2D eigenvalue weighted by atomic mass is 35.5. The standard InChI is InChI=1S/C14H15Cl2NO3/c15-9-4-3-5-10(17(18)19)13(9)20-12-8-11(16)14(12)6-1-2-7-14/h3-5,11-12H,1-2,6-8H2. The van der Waals surface area contributed by atoms with E-state index in [1.807, 2.05) is 0 Å². The van der Waals surface area contributed by atoms with Gasteiger partial charge in [0, 0.05) is 23.3 Å². The smallest absolute Gasteiger partial charge is 0.312 e. The third-order valence-electron chi connectivity index (χ3n) is 4.62. The molecule has 2 aliphatic carbocycles. The largest absolute Gasteiger partial charge is 0.482 e. The number of rotatable bonds is 3. The molecular weight excluding hydrogens is 301 g/mol. The molecule has 108 valence electrons. The molecule has 0 aliphatic heterocycles. The summed E-state index contributed by atoms with van der Waals surface area (Å²) in [6.07, 6.45) is 5.02. The van der Waals surface area contributed by atoms with E-state index in [2.05, 4.69) is 0 Å². The molecule has 0 saturated heterocycles. The van der Waals surface area contributed by atoms with Crippen molar-refractivity contribution in [1.82, 2.24) is 0 Å². The molecule has 0 radical (unpaired) electrons. The van der Waals surface area contributed by atoms with E-state index in [0.717, 1.165) is 32.1 Å². The Morgan fingerprint density at radius 1 is 1.35 bits per heavy atom. The number of hydrogen-bond acceptors (Lipinski definition) is 3. The molecule has 1 spiro atoms. The molecule has 2 saturated carbocycles. The number of hydrogen-bond donors (Lipinski definition) is 0. The van der Waals surface area contributed by atoms with Crippen molar-refractivity contribution in [3.8, 4) is 5.75 Å². The predicted molar refractivity (Wildman–Crippen MR) is 77.7 cm³/mol. The molecule has 0 aromatic heterocycles. The highest BCUT2D eigenvalue weighted by Crippen LogP contribution is 2.57. The second-order valence-corrected chi connectivity index (χ2v) is 6.53. The Hall–Kier alpha value is -1.000. The van der Waals surface area contributed by atoms with Crippen LogP contribution in [0.15, 0.2) is 18.2 Å². The van der Waals surface area contributed by atoms with Crippen LogP contribution in [0.3, 0.4) is 0 Å². The third kappa shape index (κ3) is 2.06. The predicted octanol–water partition coefficient (Wildman–Crippen LogP) is 4.57. The Morgan fingerprint density at radius 2 is 2.05 bits per heavy atom. The number of alkyl halides is 1. The van der Waals surface area contributed by atoms with Crippen molar-refractivity contribution < 1.29 is 9.66 Å². The molecule has 4 nitrogen and oxygen atoms in total. The molecule has 2 fully saturated rings. The summed E-state index contributed by atoms with van der Waals surface area (Å²) in [5, 5.41) is 11.5. The minimum Gasteiger partial charge on any atom is -0.482 e. The number of halogens is 2. The zero-order chi connectivity index (χ0) is 14.3. The van der Waals surface area contributed by atoms with Gasteiger partial charge in [-0.2, -0.15) is 0 Å². The average Bonchev–Trinajstić information content (AvgIpc) is 2.92. The van der Waals surface area contributed by atoms with Gasteiger partial charge < -0.3 is 4.74 Å². The zero-order valence-corrected chi connectivity index (χ0v) is 12.4. The summed E-state index contributed by atoms with van der Waals surface area (Å²) < 4.78 is 5.92. The summed E-state index contributed by atoms with van der Waals surface area (Å²) in [5.74, 6) is 0.180.